The Labute approximate surface area is 116 Å². The topological polar surface area (TPSA) is 49.6 Å². The molecule has 0 saturated heterocycles. The number of hydrogen-bond donors (Lipinski definition) is 1. The smallest absolute Gasteiger partial charge is 0.253 e. The Morgan fingerprint density at radius 1 is 1.26 bits per heavy atom. The van der Waals surface area contributed by atoms with Crippen molar-refractivity contribution in [2.24, 2.45) is 5.73 Å². The standard InChI is InChI=1S/C15H25N3O/c1-5-10-17(3)14-8-6-13(7-9-14)15(19)18(4)12(2)11-16/h6-9,12H,5,10-11,16H2,1-4H3. The summed E-state index contributed by atoms with van der Waals surface area (Å²) in [5, 5.41) is 0. The van der Waals surface area contributed by atoms with Crippen molar-refractivity contribution in [2.45, 2.75) is 26.3 Å². The minimum atomic E-state index is 0.0163. The third-order valence-corrected chi connectivity index (χ3v) is 3.44. The van der Waals surface area contributed by atoms with Crippen LogP contribution >= 0.6 is 0 Å². The van der Waals surface area contributed by atoms with Gasteiger partial charge in [-0.15, -0.1) is 0 Å². The minimum Gasteiger partial charge on any atom is -0.375 e. The van der Waals surface area contributed by atoms with Crippen molar-refractivity contribution < 1.29 is 4.79 Å². The van der Waals surface area contributed by atoms with E-state index in [-0.39, 0.29) is 11.9 Å². The monoisotopic (exact) mass is 263 g/mol. The quantitative estimate of drug-likeness (QED) is 0.853. The number of amides is 1. The first-order chi connectivity index (χ1) is 9.01. The summed E-state index contributed by atoms with van der Waals surface area (Å²) in [7, 11) is 3.85. The van der Waals surface area contributed by atoms with E-state index in [9.17, 15) is 4.79 Å². The lowest BCUT2D eigenvalue weighted by Crippen LogP contribution is -2.39. The molecular formula is C15H25N3O. The van der Waals surface area contributed by atoms with Crippen molar-refractivity contribution >= 4 is 11.6 Å². The molecule has 1 rings (SSSR count). The fraction of sp³-hybridized carbons (Fsp3) is 0.533. The van der Waals surface area contributed by atoms with Crippen LogP contribution in [0.1, 0.15) is 30.6 Å². The van der Waals surface area contributed by atoms with Gasteiger partial charge in [0.2, 0.25) is 0 Å². The molecular weight excluding hydrogens is 238 g/mol. The van der Waals surface area contributed by atoms with Crippen molar-refractivity contribution in [3.05, 3.63) is 29.8 Å². The second-order valence-electron chi connectivity index (χ2n) is 4.97. The zero-order valence-corrected chi connectivity index (χ0v) is 12.4. The van der Waals surface area contributed by atoms with Gasteiger partial charge in [0.1, 0.15) is 0 Å². The van der Waals surface area contributed by atoms with Crippen LogP contribution in [0.25, 0.3) is 0 Å². The van der Waals surface area contributed by atoms with E-state index in [0.29, 0.717) is 12.1 Å². The fourth-order valence-electron chi connectivity index (χ4n) is 1.88. The van der Waals surface area contributed by atoms with Gasteiger partial charge >= 0.3 is 0 Å². The van der Waals surface area contributed by atoms with Crippen LogP contribution in [-0.2, 0) is 0 Å². The highest BCUT2D eigenvalue weighted by atomic mass is 16.2. The molecule has 4 nitrogen and oxygen atoms in total. The van der Waals surface area contributed by atoms with E-state index in [4.69, 9.17) is 5.73 Å². The van der Waals surface area contributed by atoms with E-state index in [1.165, 1.54) is 0 Å². The van der Waals surface area contributed by atoms with Gasteiger partial charge in [-0.3, -0.25) is 4.79 Å². The average Bonchev–Trinajstić information content (AvgIpc) is 2.45. The lowest BCUT2D eigenvalue weighted by Gasteiger charge is -2.24. The SMILES string of the molecule is CCCN(C)c1ccc(C(=O)N(C)C(C)CN)cc1. The summed E-state index contributed by atoms with van der Waals surface area (Å²) in [6.07, 6.45) is 1.11. The van der Waals surface area contributed by atoms with Crippen molar-refractivity contribution in [3.63, 3.8) is 0 Å². The summed E-state index contributed by atoms with van der Waals surface area (Å²) in [6.45, 7) is 5.58. The number of nitrogens with zero attached hydrogens (tertiary/aromatic N) is 2. The minimum absolute atomic E-state index is 0.0163. The van der Waals surface area contributed by atoms with Gasteiger partial charge in [-0.05, 0) is 37.6 Å². The maximum atomic E-state index is 12.2. The van der Waals surface area contributed by atoms with Gasteiger partial charge in [-0.25, -0.2) is 0 Å². The van der Waals surface area contributed by atoms with Crippen molar-refractivity contribution in [1.82, 2.24) is 4.90 Å². The van der Waals surface area contributed by atoms with Crippen LogP contribution < -0.4 is 10.6 Å². The van der Waals surface area contributed by atoms with Crippen LogP contribution in [0.2, 0.25) is 0 Å². The van der Waals surface area contributed by atoms with E-state index >= 15 is 0 Å². The van der Waals surface area contributed by atoms with Gasteiger partial charge in [0.15, 0.2) is 0 Å². The summed E-state index contributed by atoms with van der Waals surface area (Å²) in [5.74, 6) is 0.0163. The largest absolute Gasteiger partial charge is 0.375 e. The number of benzene rings is 1. The van der Waals surface area contributed by atoms with E-state index in [1.54, 1.807) is 11.9 Å². The highest BCUT2D eigenvalue weighted by molar-refractivity contribution is 5.94. The Morgan fingerprint density at radius 2 is 1.84 bits per heavy atom. The van der Waals surface area contributed by atoms with E-state index in [2.05, 4.69) is 18.9 Å². The number of carbonyl (C=O) groups is 1. The number of carbonyl (C=O) groups excluding carboxylic acids is 1. The van der Waals surface area contributed by atoms with Crippen LogP contribution in [0.15, 0.2) is 24.3 Å². The van der Waals surface area contributed by atoms with Gasteiger partial charge in [0.25, 0.3) is 5.91 Å². The number of nitrogens with two attached hydrogens (primary N) is 1. The normalized spacial score (nSPS) is 12.1. The maximum absolute atomic E-state index is 12.2. The number of hydrogen-bond acceptors (Lipinski definition) is 3. The van der Waals surface area contributed by atoms with Crippen LogP contribution in [0.3, 0.4) is 0 Å². The maximum Gasteiger partial charge on any atom is 0.253 e. The molecule has 4 heteroatoms. The van der Waals surface area contributed by atoms with Crippen molar-refractivity contribution in [2.75, 3.05) is 32.1 Å². The van der Waals surface area contributed by atoms with E-state index in [0.717, 1.165) is 18.7 Å². The van der Waals surface area contributed by atoms with E-state index < -0.39 is 0 Å². The van der Waals surface area contributed by atoms with Gasteiger partial charge in [-0.2, -0.15) is 0 Å². The highest BCUT2D eigenvalue weighted by Crippen LogP contribution is 2.15. The molecule has 106 valence electrons. The van der Waals surface area contributed by atoms with Crippen LogP contribution in [0, 0.1) is 0 Å². The molecule has 0 aromatic heterocycles. The lowest BCUT2D eigenvalue weighted by atomic mass is 10.1. The summed E-state index contributed by atoms with van der Waals surface area (Å²) in [6, 6.07) is 7.79. The van der Waals surface area contributed by atoms with Gasteiger partial charge in [0.05, 0.1) is 0 Å². The Hall–Kier alpha value is -1.55. The first-order valence-electron chi connectivity index (χ1n) is 6.79. The molecule has 1 atom stereocenters. The van der Waals surface area contributed by atoms with Crippen molar-refractivity contribution in [1.29, 1.82) is 0 Å². The molecule has 0 bridgehead atoms. The zero-order valence-electron chi connectivity index (χ0n) is 12.4. The number of anilines is 1. The van der Waals surface area contributed by atoms with Crippen LogP contribution in [0.4, 0.5) is 5.69 Å². The zero-order chi connectivity index (χ0) is 14.4. The molecule has 0 radical (unpaired) electrons. The average molecular weight is 263 g/mol. The summed E-state index contributed by atoms with van der Waals surface area (Å²) < 4.78 is 0. The highest BCUT2D eigenvalue weighted by Gasteiger charge is 2.16. The molecule has 0 aliphatic heterocycles. The molecule has 1 aromatic carbocycles. The van der Waals surface area contributed by atoms with Crippen LogP contribution in [0.5, 0.6) is 0 Å². The Balaban J connectivity index is 2.78. The first-order valence-corrected chi connectivity index (χ1v) is 6.79. The third kappa shape index (κ3) is 3.96. The molecule has 19 heavy (non-hydrogen) atoms. The third-order valence-electron chi connectivity index (χ3n) is 3.44. The predicted octanol–water partition coefficient (Wildman–Crippen LogP) is 1.95. The van der Waals surface area contributed by atoms with Gasteiger partial charge in [-0.1, -0.05) is 6.92 Å². The molecule has 1 aromatic rings. The first kappa shape index (κ1) is 15.5. The van der Waals surface area contributed by atoms with Gasteiger partial charge in [0, 0.05) is 44.5 Å². The Kier molecular flexibility index (Phi) is 5.83. The van der Waals surface area contributed by atoms with Crippen LogP contribution in [-0.4, -0.2) is 44.0 Å². The molecule has 0 saturated carbocycles. The summed E-state index contributed by atoms with van der Waals surface area (Å²) in [4.78, 5) is 16.1. The van der Waals surface area contributed by atoms with Crippen molar-refractivity contribution in [3.8, 4) is 0 Å². The molecule has 0 aliphatic carbocycles. The second kappa shape index (κ2) is 7.14. The molecule has 1 amide bonds. The molecule has 0 spiro atoms. The number of likely N-dealkylation sites (N-methyl/N-ethyl adjacent to an activating group) is 1. The molecule has 0 aliphatic rings. The fourth-order valence-corrected chi connectivity index (χ4v) is 1.88. The lowest BCUT2D eigenvalue weighted by molar-refractivity contribution is 0.0748. The molecule has 1 unspecified atom stereocenters. The van der Waals surface area contributed by atoms with Gasteiger partial charge < -0.3 is 15.5 Å². The number of rotatable bonds is 6. The predicted molar refractivity (Wildman–Crippen MR) is 80.6 cm³/mol. The van der Waals surface area contributed by atoms with E-state index in [1.807, 2.05) is 31.2 Å². The summed E-state index contributed by atoms with van der Waals surface area (Å²) in [5.41, 5.74) is 7.42. The molecule has 0 fully saturated rings. The Bertz CT molecular complexity index is 402. The molecule has 0 heterocycles. The Morgan fingerprint density at radius 3 is 2.32 bits per heavy atom. The second-order valence-corrected chi connectivity index (χ2v) is 4.97. The summed E-state index contributed by atoms with van der Waals surface area (Å²) >= 11 is 0. The molecule has 2 N–H and O–H groups in total.